The van der Waals surface area contributed by atoms with Gasteiger partial charge in [0.05, 0.1) is 18.3 Å². The first-order valence-corrected chi connectivity index (χ1v) is 10.4. The van der Waals surface area contributed by atoms with Crippen LogP contribution < -0.4 is 18.9 Å². The molecule has 2 heterocycles. The van der Waals surface area contributed by atoms with Gasteiger partial charge in [-0.25, -0.2) is 4.98 Å². The highest BCUT2D eigenvalue weighted by atomic mass is 16.5. The van der Waals surface area contributed by atoms with Crippen LogP contribution in [0.2, 0.25) is 0 Å². The van der Waals surface area contributed by atoms with Crippen LogP contribution in [0.3, 0.4) is 0 Å². The lowest BCUT2D eigenvalue weighted by atomic mass is 10.0. The Kier molecular flexibility index (Phi) is 5.52. The molecular formula is C26H23NO5. The molecule has 0 saturated carbocycles. The van der Waals surface area contributed by atoms with E-state index in [0.29, 0.717) is 29.4 Å². The molecule has 6 nitrogen and oxygen atoms in total. The zero-order valence-corrected chi connectivity index (χ0v) is 17.6. The highest BCUT2D eigenvalue weighted by molar-refractivity contribution is 5.78. The van der Waals surface area contributed by atoms with Crippen LogP contribution in [0.25, 0.3) is 10.9 Å². The third kappa shape index (κ3) is 4.18. The molecule has 0 radical (unpaired) electrons. The number of aromatic nitrogens is 1. The summed E-state index contributed by atoms with van der Waals surface area (Å²) in [6, 6.07) is 24.6. The Morgan fingerprint density at radius 3 is 2.56 bits per heavy atom. The monoisotopic (exact) mass is 429 g/mol. The average Bonchev–Trinajstić information content (AvgIpc) is 2.85. The molecule has 0 bridgehead atoms. The second-order valence-corrected chi connectivity index (χ2v) is 7.57. The van der Waals surface area contributed by atoms with Gasteiger partial charge in [0.1, 0.15) is 42.3 Å². The molecule has 0 aliphatic carbocycles. The Hall–Kier alpha value is -3.77. The molecule has 0 spiro atoms. The van der Waals surface area contributed by atoms with E-state index in [9.17, 15) is 5.11 Å². The fraction of sp³-hybridized carbons (Fsp3) is 0.192. The summed E-state index contributed by atoms with van der Waals surface area (Å²) >= 11 is 0. The maximum Gasteiger partial charge on any atom is 0.163 e. The van der Waals surface area contributed by atoms with E-state index in [1.165, 1.54) is 0 Å². The molecule has 0 saturated heterocycles. The number of hydrogen-bond donors (Lipinski definition) is 1. The van der Waals surface area contributed by atoms with Crippen molar-refractivity contribution in [2.24, 2.45) is 0 Å². The quantitative estimate of drug-likeness (QED) is 0.479. The summed E-state index contributed by atoms with van der Waals surface area (Å²) in [6.07, 6.45) is -1.38. The third-order valence-electron chi connectivity index (χ3n) is 5.44. The van der Waals surface area contributed by atoms with Gasteiger partial charge in [0.25, 0.3) is 0 Å². The minimum Gasteiger partial charge on any atom is -0.497 e. The first-order chi connectivity index (χ1) is 15.7. The number of rotatable bonds is 6. The average molecular weight is 429 g/mol. The molecule has 0 amide bonds. The first-order valence-electron chi connectivity index (χ1n) is 10.4. The van der Waals surface area contributed by atoms with Crippen molar-refractivity contribution in [1.82, 2.24) is 4.98 Å². The van der Waals surface area contributed by atoms with Gasteiger partial charge >= 0.3 is 0 Å². The Balaban J connectivity index is 1.28. The van der Waals surface area contributed by atoms with Crippen molar-refractivity contribution in [1.29, 1.82) is 0 Å². The summed E-state index contributed by atoms with van der Waals surface area (Å²) in [6.45, 7) is 0.577. The van der Waals surface area contributed by atoms with Crippen LogP contribution in [0.15, 0.2) is 78.9 Å². The molecule has 6 heteroatoms. The second-order valence-electron chi connectivity index (χ2n) is 7.57. The number of hydrogen-bond acceptors (Lipinski definition) is 6. The van der Waals surface area contributed by atoms with E-state index >= 15 is 0 Å². The first kappa shape index (κ1) is 20.2. The zero-order chi connectivity index (χ0) is 21.9. The smallest absolute Gasteiger partial charge is 0.163 e. The maximum absolute atomic E-state index is 10.9. The van der Waals surface area contributed by atoms with Crippen molar-refractivity contribution in [2.45, 2.75) is 18.8 Å². The summed E-state index contributed by atoms with van der Waals surface area (Å²) in [7, 11) is 1.61. The molecule has 1 aromatic heterocycles. The summed E-state index contributed by atoms with van der Waals surface area (Å²) in [4.78, 5) is 4.64. The lowest BCUT2D eigenvalue weighted by molar-refractivity contribution is -0.0104. The van der Waals surface area contributed by atoms with Crippen LogP contribution in [0, 0.1) is 0 Å². The van der Waals surface area contributed by atoms with Gasteiger partial charge in [0.15, 0.2) is 6.10 Å². The number of pyridine rings is 1. The fourth-order valence-electron chi connectivity index (χ4n) is 3.72. The van der Waals surface area contributed by atoms with Crippen LogP contribution in [-0.2, 0) is 6.61 Å². The van der Waals surface area contributed by atoms with Crippen molar-refractivity contribution in [2.75, 3.05) is 13.7 Å². The number of fused-ring (bicyclic) bond motifs is 2. The van der Waals surface area contributed by atoms with Crippen molar-refractivity contribution >= 4 is 10.9 Å². The van der Waals surface area contributed by atoms with E-state index in [-0.39, 0.29) is 6.61 Å². The molecular weight excluding hydrogens is 406 g/mol. The van der Waals surface area contributed by atoms with Crippen LogP contribution in [0.4, 0.5) is 0 Å². The molecule has 0 unspecified atom stereocenters. The highest BCUT2D eigenvalue weighted by Gasteiger charge is 2.31. The molecule has 1 N–H and O–H groups in total. The molecule has 1 aliphatic rings. The Morgan fingerprint density at radius 2 is 1.72 bits per heavy atom. The topological polar surface area (TPSA) is 70.0 Å². The summed E-state index contributed by atoms with van der Waals surface area (Å²) in [5.41, 5.74) is 2.40. The van der Waals surface area contributed by atoms with Gasteiger partial charge in [-0.1, -0.05) is 24.3 Å². The van der Waals surface area contributed by atoms with Gasteiger partial charge in [-0.2, -0.15) is 0 Å². The lowest BCUT2D eigenvalue weighted by Crippen LogP contribution is -2.35. The number of para-hydroxylation sites is 1. The van der Waals surface area contributed by atoms with E-state index in [1.807, 2.05) is 60.7 Å². The van der Waals surface area contributed by atoms with Gasteiger partial charge in [0.2, 0.25) is 0 Å². The predicted molar refractivity (Wildman–Crippen MR) is 120 cm³/mol. The Morgan fingerprint density at radius 1 is 0.938 bits per heavy atom. The van der Waals surface area contributed by atoms with Gasteiger partial charge in [-0.15, -0.1) is 0 Å². The maximum atomic E-state index is 10.9. The lowest BCUT2D eigenvalue weighted by Gasteiger charge is -2.31. The molecule has 1 aliphatic heterocycles. The summed E-state index contributed by atoms with van der Waals surface area (Å²) in [5, 5.41) is 12.0. The summed E-state index contributed by atoms with van der Waals surface area (Å²) in [5.74, 6) is 2.64. The number of methoxy groups -OCH3 is 1. The number of ether oxygens (including phenoxy) is 4. The standard InChI is InChI=1S/C26H23NO5/c1-29-19-8-10-20(11-9-19)32-25-16-31-24-13-12-21(14-22(24)26(25)28)30-15-18-7-6-17-4-2-3-5-23(17)27-18/h2-14,25-26,28H,15-16H2,1H3/t25-,26+/m1/s1. The van der Waals surface area contributed by atoms with E-state index in [4.69, 9.17) is 18.9 Å². The molecule has 2 atom stereocenters. The largest absolute Gasteiger partial charge is 0.497 e. The molecule has 5 rings (SSSR count). The third-order valence-corrected chi connectivity index (χ3v) is 5.44. The van der Waals surface area contributed by atoms with Crippen LogP contribution in [0.5, 0.6) is 23.0 Å². The molecule has 0 fully saturated rings. The van der Waals surface area contributed by atoms with Gasteiger partial charge in [-0.05, 0) is 54.6 Å². The van der Waals surface area contributed by atoms with E-state index in [2.05, 4.69) is 4.98 Å². The van der Waals surface area contributed by atoms with Gasteiger partial charge in [0, 0.05) is 10.9 Å². The highest BCUT2D eigenvalue weighted by Crippen LogP contribution is 2.36. The summed E-state index contributed by atoms with van der Waals surface area (Å²) < 4.78 is 22.9. The van der Waals surface area contributed by atoms with Crippen LogP contribution >= 0.6 is 0 Å². The minimum atomic E-state index is -0.844. The Labute approximate surface area is 186 Å². The number of nitrogens with zero attached hydrogens (tertiary/aromatic N) is 1. The Bertz CT molecular complexity index is 1220. The van der Waals surface area contributed by atoms with Gasteiger partial charge < -0.3 is 24.1 Å². The zero-order valence-electron chi connectivity index (χ0n) is 17.6. The van der Waals surface area contributed by atoms with Crippen molar-refractivity contribution < 1.29 is 24.1 Å². The number of aliphatic hydroxyl groups excluding tert-OH is 1. The van der Waals surface area contributed by atoms with Crippen molar-refractivity contribution in [3.63, 3.8) is 0 Å². The van der Waals surface area contributed by atoms with Crippen molar-refractivity contribution in [3.8, 4) is 23.0 Å². The molecule has 3 aromatic carbocycles. The van der Waals surface area contributed by atoms with Gasteiger partial charge in [-0.3, -0.25) is 0 Å². The normalized spacial score (nSPS) is 17.3. The number of aliphatic hydroxyl groups is 1. The van der Waals surface area contributed by atoms with E-state index < -0.39 is 12.2 Å². The minimum absolute atomic E-state index is 0.251. The molecule has 32 heavy (non-hydrogen) atoms. The fourth-order valence-corrected chi connectivity index (χ4v) is 3.72. The van der Waals surface area contributed by atoms with Crippen LogP contribution in [0.1, 0.15) is 17.4 Å². The van der Waals surface area contributed by atoms with E-state index in [0.717, 1.165) is 22.3 Å². The number of benzene rings is 3. The molecule has 162 valence electrons. The predicted octanol–water partition coefficient (Wildman–Crippen LogP) is 4.70. The van der Waals surface area contributed by atoms with E-state index in [1.54, 1.807) is 25.3 Å². The molecule has 4 aromatic rings. The van der Waals surface area contributed by atoms with Crippen LogP contribution in [-0.4, -0.2) is 29.9 Å². The van der Waals surface area contributed by atoms with Crippen molar-refractivity contribution in [3.05, 3.63) is 90.1 Å². The second kappa shape index (κ2) is 8.77. The SMILES string of the molecule is COc1ccc(O[C@@H]2COc3ccc(OCc4ccc5ccccc5n4)cc3[C@@H]2O)cc1.